The lowest BCUT2D eigenvalue weighted by atomic mass is 9.80. The summed E-state index contributed by atoms with van der Waals surface area (Å²) in [7, 11) is 0. The average molecular weight is 248 g/mol. The maximum absolute atomic E-state index is 13.9. The van der Waals surface area contributed by atoms with Gasteiger partial charge >= 0.3 is 0 Å². The fourth-order valence-electron chi connectivity index (χ4n) is 2.49. The number of hydrogen-bond acceptors (Lipinski definition) is 2. The van der Waals surface area contributed by atoms with E-state index >= 15 is 0 Å². The third-order valence-electron chi connectivity index (χ3n) is 3.85. The summed E-state index contributed by atoms with van der Waals surface area (Å²) in [4.78, 5) is 0. The molecule has 0 unspecified atom stereocenters. The van der Waals surface area contributed by atoms with Crippen LogP contribution in [0.25, 0.3) is 5.52 Å². The molecule has 0 atom stereocenters. The zero-order chi connectivity index (χ0) is 12.9. The minimum Gasteiger partial charge on any atom is -0.386 e. The number of fused-ring (bicyclic) bond motifs is 1. The highest BCUT2D eigenvalue weighted by Crippen LogP contribution is 2.40. The molecule has 2 heterocycles. The number of halogens is 1. The van der Waals surface area contributed by atoms with Gasteiger partial charge in [0, 0.05) is 11.8 Å². The van der Waals surface area contributed by atoms with Crippen LogP contribution in [0.15, 0.2) is 18.3 Å². The Morgan fingerprint density at radius 1 is 1.44 bits per heavy atom. The van der Waals surface area contributed by atoms with Crippen LogP contribution in [0.5, 0.6) is 0 Å². The molecule has 0 amide bonds. The molecule has 96 valence electrons. The molecule has 1 fully saturated rings. The van der Waals surface area contributed by atoms with Gasteiger partial charge in [-0.15, -0.1) is 5.10 Å². The molecule has 0 aliphatic heterocycles. The molecule has 1 saturated carbocycles. The van der Waals surface area contributed by atoms with Gasteiger partial charge in [0.25, 0.3) is 0 Å². The van der Waals surface area contributed by atoms with E-state index in [1.807, 2.05) is 6.07 Å². The molecule has 4 heteroatoms. The zero-order valence-electron chi connectivity index (χ0n) is 10.7. The summed E-state index contributed by atoms with van der Waals surface area (Å²) in [6.07, 6.45) is 4.94. The van der Waals surface area contributed by atoms with Crippen molar-refractivity contribution >= 4 is 5.52 Å². The molecule has 18 heavy (non-hydrogen) atoms. The monoisotopic (exact) mass is 248 g/mol. The highest BCUT2D eigenvalue weighted by atomic mass is 19.1. The molecular formula is C14H17FN2O. The largest absolute Gasteiger partial charge is 0.386 e. The minimum atomic E-state index is -0.917. The van der Waals surface area contributed by atoms with Gasteiger partial charge in [0.05, 0.1) is 11.1 Å². The first-order chi connectivity index (χ1) is 8.47. The highest BCUT2D eigenvalue weighted by Gasteiger charge is 2.28. The van der Waals surface area contributed by atoms with Gasteiger partial charge in [0.1, 0.15) is 0 Å². The maximum atomic E-state index is 13.9. The first-order valence-electron chi connectivity index (χ1n) is 6.37. The summed E-state index contributed by atoms with van der Waals surface area (Å²) in [5.41, 5.74) is 1.37. The molecule has 0 aromatic carbocycles. The predicted octanol–water partition coefficient (Wildman–Crippen LogP) is 2.97. The first-order valence-corrected chi connectivity index (χ1v) is 6.37. The van der Waals surface area contributed by atoms with Crippen molar-refractivity contribution in [1.82, 2.24) is 9.61 Å². The van der Waals surface area contributed by atoms with Gasteiger partial charge in [-0.05, 0) is 50.3 Å². The van der Waals surface area contributed by atoms with E-state index in [0.29, 0.717) is 11.5 Å². The number of nitrogens with zero attached hydrogens (tertiary/aromatic N) is 2. The lowest BCUT2D eigenvalue weighted by Crippen LogP contribution is -2.16. The summed E-state index contributed by atoms with van der Waals surface area (Å²) < 4.78 is 15.5. The van der Waals surface area contributed by atoms with E-state index < -0.39 is 5.60 Å². The van der Waals surface area contributed by atoms with Crippen LogP contribution < -0.4 is 0 Å². The van der Waals surface area contributed by atoms with Crippen molar-refractivity contribution in [1.29, 1.82) is 0 Å². The van der Waals surface area contributed by atoms with Crippen LogP contribution in [0, 0.1) is 5.95 Å². The number of aromatic nitrogens is 2. The van der Waals surface area contributed by atoms with Gasteiger partial charge in [-0.25, -0.2) is 4.52 Å². The first kappa shape index (κ1) is 11.7. The maximum Gasteiger partial charge on any atom is 0.237 e. The summed E-state index contributed by atoms with van der Waals surface area (Å²) >= 11 is 0. The van der Waals surface area contributed by atoms with Gasteiger partial charge < -0.3 is 5.11 Å². The molecule has 0 spiro atoms. The Balaban J connectivity index is 2.18. The van der Waals surface area contributed by atoms with E-state index in [1.54, 1.807) is 30.6 Å². The third kappa shape index (κ3) is 1.72. The SMILES string of the molecule is CC(C)(O)c1ccn2nc(F)c(C3CCC3)c2c1. The van der Waals surface area contributed by atoms with Gasteiger partial charge in [0.2, 0.25) is 5.95 Å². The second-order valence-electron chi connectivity index (χ2n) is 5.64. The fourth-order valence-corrected chi connectivity index (χ4v) is 2.49. The van der Waals surface area contributed by atoms with Crippen molar-refractivity contribution in [2.75, 3.05) is 0 Å². The fraction of sp³-hybridized carbons (Fsp3) is 0.500. The lowest BCUT2D eigenvalue weighted by Gasteiger charge is -2.25. The molecule has 1 aliphatic carbocycles. The van der Waals surface area contributed by atoms with E-state index in [4.69, 9.17) is 0 Å². The Morgan fingerprint density at radius 3 is 2.72 bits per heavy atom. The molecule has 2 aromatic rings. The number of aliphatic hydroxyl groups is 1. The van der Waals surface area contributed by atoms with Crippen LogP contribution in [0.4, 0.5) is 4.39 Å². The molecule has 2 aromatic heterocycles. The van der Waals surface area contributed by atoms with E-state index in [9.17, 15) is 9.50 Å². The Morgan fingerprint density at radius 2 is 2.17 bits per heavy atom. The minimum absolute atomic E-state index is 0.291. The van der Waals surface area contributed by atoms with Gasteiger partial charge in [0.15, 0.2) is 0 Å². The van der Waals surface area contributed by atoms with Crippen molar-refractivity contribution < 1.29 is 9.50 Å². The molecular weight excluding hydrogens is 231 g/mol. The van der Waals surface area contributed by atoms with Crippen LogP contribution in [0.1, 0.15) is 50.2 Å². The van der Waals surface area contributed by atoms with Crippen LogP contribution >= 0.6 is 0 Å². The summed E-state index contributed by atoms with van der Waals surface area (Å²) in [5.74, 6) is -0.0767. The topological polar surface area (TPSA) is 37.5 Å². The summed E-state index contributed by atoms with van der Waals surface area (Å²) in [6, 6.07) is 3.63. The lowest BCUT2D eigenvalue weighted by molar-refractivity contribution is 0.0786. The van der Waals surface area contributed by atoms with Crippen LogP contribution in [-0.4, -0.2) is 14.7 Å². The van der Waals surface area contributed by atoms with Gasteiger partial charge in [-0.1, -0.05) is 6.42 Å². The van der Waals surface area contributed by atoms with Crippen LogP contribution in [0.2, 0.25) is 0 Å². The Labute approximate surface area is 105 Å². The van der Waals surface area contributed by atoms with E-state index in [2.05, 4.69) is 5.10 Å². The number of pyridine rings is 1. The molecule has 3 rings (SSSR count). The average Bonchev–Trinajstić information content (AvgIpc) is 2.51. The second-order valence-corrected chi connectivity index (χ2v) is 5.64. The van der Waals surface area contributed by atoms with Crippen LogP contribution in [0.3, 0.4) is 0 Å². The van der Waals surface area contributed by atoms with Crippen molar-refractivity contribution in [3.63, 3.8) is 0 Å². The normalized spacial score (nSPS) is 17.1. The van der Waals surface area contributed by atoms with E-state index in [1.165, 1.54) is 0 Å². The standard InChI is InChI=1S/C14H17FN2O/c1-14(2,18)10-6-7-17-11(8-10)12(13(15)16-17)9-4-3-5-9/h6-9,18H,3-5H2,1-2H3. The predicted molar refractivity (Wildman–Crippen MR) is 67.0 cm³/mol. The van der Waals surface area contributed by atoms with E-state index in [-0.39, 0.29) is 5.95 Å². The molecule has 0 radical (unpaired) electrons. The van der Waals surface area contributed by atoms with Crippen molar-refractivity contribution in [2.45, 2.75) is 44.6 Å². The smallest absolute Gasteiger partial charge is 0.237 e. The Hall–Kier alpha value is -1.42. The Kier molecular flexibility index (Phi) is 2.45. The van der Waals surface area contributed by atoms with E-state index in [0.717, 1.165) is 30.3 Å². The quantitative estimate of drug-likeness (QED) is 0.887. The van der Waals surface area contributed by atoms with Gasteiger partial charge in [-0.2, -0.15) is 4.39 Å². The summed E-state index contributed by atoms with van der Waals surface area (Å²) in [5, 5.41) is 13.9. The second kappa shape index (κ2) is 3.79. The zero-order valence-corrected chi connectivity index (χ0v) is 10.7. The van der Waals surface area contributed by atoms with Crippen molar-refractivity contribution in [3.8, 4) is 0 Å². The van der Waals surface area contributed by atoms with Crippen LogP contribution in [-0.2, 0) is 5.60 Å². The molecule has 0 bridgehead atoms. The Bertz CT molecular complexity index is 594. The highest BCUT2D eigenvalue weighted by molar-refractivity contribution is 5.58. The van der Waals surface area contributed by atoms with Crippen molar-refractivity contribution in [2.24, 2.45) is 0 Å². The molecule has 3 nitrogen and oxygen atoms in total. The number of hydrogen-bond donors (Lipinski definition) is 1. The number of rotatable bonds is 2. The van der Waals surface area contributed by atoms with Crippen molar-refractivity contribution in [3.05, 3.63) is 35.4 Å². The van der Waals surface area contributed by atoms with Gasteiger partial charge in [-0.3, -0.25) is 0 Å². The molecule has 0 saturated heterocycles. The molecule has 1 aliphatic rings. The summed E-state index contributed by atoms with van der Waals surface area (Å²) in [6.45, 7) is 3.46. The third-order valence-corrected chi connectivity index (χ3v) is 3.85. The molecule has 1 N–H and O–H groups in total.